The van der Waals surface area contributed by atoms with E-state index in [0.29, 0.717) is 19.6 Å². The van der Waals surface area contributed by atoms with Crippen molar-refractivity contribution in [1.29, 1.82) is 0 Å². The zero-order valence-electron chi connectivity index (χ0n) is 16.8. The molecule has 0 saturated carbocycles. The number of imidazole rings is 1. The Morgan fingerprint density at radius 3 is 2.86 bits per heavy atom. The molecule has 0 unspecified atom stereocenters. The molecule has 1 aliphatic rings. The molecule has 4 rings (SSSR count). The number of nitrogens with one attached hydrogen (secondary N) is 1. The van der Waals surface area contributed by atoms with Crippen LogP contribution in [-0.4, -0.2) is 51.0 Å². The summed E-state index contributed by atoms with van der Waals surface area (Å²) in [6, 6.07) is 8.87. The number of amides is 2. The first-order valence-corrected chi connectivity index (χ1v) is 9.80. The van der Waals surface area contributed by atoms with E-state index in [4.69, 9.17) is 0 Å². The van der Waals surface area contributed by atoms with Crippen molar-refractivity contribution in [3.05, 3.63) is 60.1 Å². The maximum atomic E-state index is 13.4. The zero-order chi connectivity index (χ0) is 20.5. The zero-order valence-corrected chi connectivity index (χ0v) is 16.8. The van der Waals surface area contributed by atoms with Gasteiger partial charge < -0.3 is 15.1 Å². The number of pyridine rings is 2. The van der Waals surface area contributed by atoms with Gasteiger partial charge in [-0.2, -0.15) is 4.39 Å². The summed E-state index contributed by atoms with van der Waals surface area (Å²) in [6.07, 6.45) is 3.30. The van der Waals surface area contributed by atoms with Crippen LogP contribution in [0, 0.1) is 12.9 Å². The van der Waals surface area contributed by atoms with Gasteiger partial charge in [0.25, 0.3) is 0 Å². The molecular formula is C21H25FN6O. The summed E-state index contributed by atoms with van der Waals surface area (Å²) in [7, 11) is 0. The molecule has 1 saturated heterocycles. The molecule has 1 aliphatic heterocycles. The fourth-order valence-corrected chi connectivity index (χ4v) is 3.98. The lowest BCUT2D eigenvalue weighted by molar-refractivity contribution is 0.168. The summed E-state index contributed by atoms with van der Waals surface area (Å²) < 4.78 is 15.5. The molecule has 0 aromatic carbocycles. The Balaban J connectivity index is 1.44. The second-order valence-corrected chi connectivity index (χ2v) is 7.54. The van der Waals surface area contributed by atoms with Crippen LogP contribution in [0.4, 0.5) is 14.9 Å². The Labute approximate surface area is 169 Å². The van der Waals surface area contributed by atoms with Crippen LogP contribution >= 0.6 is 0 Å². The molecule has 0 radical (unpaired) electrons. The number of aromatic nitrogens is 3. The fourth-order valence-electron chi connectivity index (χ4n) is 3.98. The van der Waals surface area contributed by atoms with Crippen LogP contribution in [0.1, 0.15) is 31.3 Å². The molecule has 4 heterocycles. The number of carbonyl (C=O) groups excluding carboxylic acids is 1. The van der Waals surface area contributed by atoms with Crippen molar-refractivity contribution >= 4 is 17.4 Å². The van der Waals surface area contributed by atoms with Crippen LogP contribution in [0.25, 0.3) is 5.65 Å². The molecule has 2 atom stereocenters. The Bertz CT molecular complexity index is 1030. The SMILES string of the molecule is Cc1cnc2cccc([C@H](C)NC(=O)N3CCN(c4ccnc(F)c4)C[C@H]3C)n12. The van der Waals surface area contributed by atoms with Crippen LogP contribution in [0.15, 0.2) is 42.7 Å². The molecule has 3 aromatic rings. The number of urea groups is 1. The van der Waals surface area contributed by atoms with Gasteiger partial charge in [-0.25, -0.2) is 14.8 Å². The largest absolute Gasteiger partial charge is 0.368 e. The molecule has 152 valence electrons. The minimum absolute atomic E-state index is 0.00190. The third-order valence-electron chi connectivity index (χ3n) is 5.48. The van der Waals surface area contributed by atoms with E-state index in [0.717, 1.165) is 22.7 Å². The van der Waals surface area contributed by atoms with Crippen LogP contribution in [0.5, 0.6) is 0 Å². The van der Waals surface area contributed by atoms with E-state index in [2.05, 4.69) is 24.6 Å². The third-order valence-corrected chi connectivity index (χ3v) is 5.48. The van der Waals surface area contributed by atoms with Crippen molar-refractivity contribution in [1.82, 2.24) is 24.6 Å². The van der Waals surface area contributed by atoms with Gasteiger partial charge in [-0.3, -0.25) is 4.40 Å². The van der Waals surface area contributed by atoms with Crippen LogP contribution in [0.3, 0.4) is 0 Å². The molecule has 1 N–H and O–H groups in total. The highest BCUT2D eigenvalue weighted by molar-refractivity contribution is 5.75. The van der Waals surface area contributed by atoms with Gasteiger partial charge in [0.2, 0.25) is 5.95 Å². The second kappa shape index (κ2) is 7.69. The number of aryl methyl sites for hydroxylation is 1. The molecule has 0 aliphatic carbocycles. The predicted molar refractivity (Wildman–Crippen MR) is 109 cm³/mol. The van der Waals surface area contributed by atoms with E-state index in [9.17, 15) is 9.18 Å². The maximum absolute atomic E-state index is 13.4. The summed E-state index contributed by atoms with van der Waals surface area (Å²) in [5.41, 5.74) is 3.68. The fraction of sp³-hybridized carbons (Fsp3) is 0.381. The Hall–Kier alpha value is -3.16. The lowest BCUT2D eigenvalue weighted by Crippen LogP contribution is -2.57. The normalized spacial score (nSPS) is 18.1. The lowest BCUT2D eigenvalue weighted by Gasteiger charge is -2.41. The highest BCUT2D eigenvalue weighted by atomic mass is 19.1. The molecule has 7 nitrogen and oxygen atoms in total. The van der Waals surface area contributed by atoms with Gasteiger partial charge in [0, 0.05) is 61.2 Å². The molecule has 29 heavy (non-hydrogen) atoms. The predicted octanol–water partition coefficient (Wildman–Crippen LogP) is 3.16. The summed E-state index contributed by atoms with van der Waals surface area (Å²) in [5, 5.41) is 3.12. The molecule has 3 aromatic heterocycles. The van der Waals surface area contributed by atoms with Gasteiger partial charge in [-0.05, 0) is 39.0 Å². The highest BCUT2D eigenvalue weighted by Crippen LogP contribution is 2.21. The summed E-state index contributed by atoms with van der Waals surface area (Å²) in [4.78, 5) is 24.9. The van der Waals surface area contributed by atoms with E-state index < -0.39 is 5.95 Å². The number of hydrogen-bond acceptors (Lipinski definition) is 4. The summed E-state index contributed by atoms with van der Waals surface area (Å²) in [6.45, 7) is 7.84. The van der Waals surface area contributed by atoms with Crippen LogP contribution in [-0.2, 0) is 0 Å². The summed E-state index contributed by atoms with van der Waals surface area (Å²) in [5.74, 6) is -0.492. The van der Waals surface area contributed by atoms with E-state index >= 15 is 0 Å². The number of halogens is 1. The molecule has 2 amide bonds. The minimum Gasteiger partial charge on any atom is -0.368 e. The molecular weight excluding hydrogens is 371 g/mol. The smallest absolute Gasteiger partial charge is 0.318 e. The molecule has 0 bridgehead atoms. The van der Waals surface area contributed by atoms with Crippen LogP contribution < -0.4 is 10.2 Å². The molecule has 8 heteroatoms. The van der Waals surface area contributed by atoms with Crippen molar-refractivity contribution in [3.8, 4) is 0 Å². The van der Waals surface area contributed by atoms with Crippen molar-refractivity contribution in [2.24, 2.45) is 0 Å². The van der Waals surface area contributed by atoms with E-state index in [1.165, 1.54) is 12.3 Å². The third kappa shape index (κ3) is 3.74. The molecule has 1 fully saturated rings. The lowest BCUT2D eigenvalue weighted by atomic mass is 10.1. The number of piperazine rings is 1. The van der Waals surface area contributed by atoms with Gasteiger partial charge in [-0.1, -0.05) is 6.07 Å². The van der Waals surface area contributed by atoms with Gasteiger partial charge in [0.05, 0.1) is 6.04 Å². The van der Waals surface area contributed by atoms with Gasteiger partial charge in [0.15, 0.2) is 0 Å². The number of carbonyl (C=O) groups is 1. The Morgan fingerprint density at radius 2 is 2.10 bits per heavy atom. The van der Waals surface area contributed by atoms with Gasteiger partial charge >= 0.3 is 6.03 Å². The number of rotatable bonds is 3. The number of anilines is 1. The Morgan fingerprint density at radius 1 is 1.28 bits per heavy atom. The molecule has 0 spiro atoms. The Kier molecular flexibility index (Phi) is 5.08. The first-order valence-electron chi connectivity index (χ1n) is 9.80. The standard InChI is InChI=1S/C21H25FN6O/c1-14-12-24-20-6-4-5-18(28(14)20)16(3)25-21(29)27-10-9-26(13-15(27)2)17-7-8-23-19(22)11-17/h4-8,11-12,15-16H,9-10,13H2,1-3H3,(H,25,29)/t15-,16+/m1/s1. The van der Waals surface area contributed by atoms with Crippen LogP contribution in [0.2, 0.25) is 0 Å². The number of fused-ring (bicyclic) bond motifs is 1. The van der Waals surface area contributed by atoms with E-state index in [1.54, 1.807) is 6.07 Å². The summed E-state index contributed by atoms with van der Waals surface area (Å²) >= 11 is 0. The maximum Gasteiger partial charge on any atom is 0.318 e. The monoisotopic (exact) mass is 396 g/mol. The van der Waals surface area contributed by atoms with Gasteiger partial charge in [-0.15, -0.1) is 0 Å². The van der Waals surface area contributed by atoms with Crippen molar-refractivity contribution in [2.75, 3.05) is 24.5 Å². The average Bonchev–Trinajstić information content (AvgIpc) is 3.09. The average molecular weight is 396 g/mol. The minimum atomic E-state index is -0.492. The van der Waals surface area contributed by atoms with Crippen molar-refractivity contribution in [3.63, 3.8) is 0 Å². The van der Waals surface area contributed by atoms with Crippen molar-refractivity contribution in [2.45, 2.75) is 32.9 Å². The topological polar surface area (TPSA) is 65.8 Å². The second-order valence-electron chi connectivity index (χ2n) is 7.54. The number of nitrogens with zero attached hydrogens (tertiary/aromatic N) is 5. The number of hydrogen-bond donors (Lipinski definition) is 1. The van der Waals surface area contributed by atoms with Crippen molar-refractivity contribution < 1.29 is 9.18 Å². The quantitative estimate of drug-likeness (QED) is 0.691. The highest BCUT2D eigenvalue weighted by Gasteiger charge is 2.29. The van der Waals surface area contributed by atoms with Gasteiger partial charge in [0.1, 0.15) is 5.65 Å². The van der Waals surface area contributed by atoms with E-state index in [-0.39, 0.29) is 18.1 Å². The van der Waals surface area contributed by atoms with E-state index in [1.807, 2.05) is 50.1 Å². The first-order chi connectivity index (χ1) is 13.9. The first kappa shape index (κ1) is 19.2.